The third-order valence-electron chi connectivity index (χ3n) is 4.60. The molecule has 4 heterocycles. The van der Waals surface area contributed by atoms with E-state index in [0.29, 0.717) is 12.2 Å². The number of aromatic amines is 1. The van der Waals surface area contributed by atoms with Crippen molar-refractivity contribution in [2.75, 3.05) is 0 Å². The molecular weight excluding hydrogens is 340 g/mol. The molecule has 1 N–H and O–H groups in total. The van der Waals surface area contributed by atoms with Gasteiger partial charge in [0.2, 0.25) is 0 Å². The lowest BCUT2D eigenvalue weighted by Gasteiger charge is -2.01. The molecular formula is C19H18N8. The zero-order valence-corrected chi connectivity index (χ0v) is 14.9. The Hall–Kier alpha value is -3.55. The molecule has 0 bridgehead atoms. The van der Waals surface area contributed by atoms with Crippen molar-refractivity contribution in [2.24, 2.45) is 0 Å². The molecule has 5 aromatic rings. The Morgan fingerprint density at radius 1 is 1.11 bits per heavy atom. The van der Waals surface area contributed by atoms with Gasteiger partial charge in [-0.25, -0.2) is 4.98 Å². The molecule has 0 saturated heterocycles. The van der Waals surface area contributed by atoms with Crippen molar-refractivity contribution in [1.82, 2.24) is 39.6 Å². The van der Waals surface area contributed by atoms with E-state index < -0.39 is 0 Å². The van der Waals surface area contributed by atoms with Crippen LogP contribution in [0.2, 0.25) is 0 Å². The van der Waals surface area contributed by atoms with Gasteiger partial charge in [-0.05, 0) is 18.1 Å². The fourth-order valence-corrected chi connectivity index (χ4v) is 3.28. The molecule has 1 aromatic carbocycles. The predicted molar refractivity (Wildman–Crippen MR) is 101 cm³/mol. The first-order valence-corrected chi connectivity index (χ1v) is 8.97. The molecule has 0 radical (unpaired) electrons. The minimum Gasteiger partial charge on any atom is -0.361 e. The topological polar surface area (TPSA) is 89.6 Å². The van der Waals surface area contributed by atoms with Crippen LogP contribution in [0.25, 0.3) is 27.9 Å². The number of hydrogen-bond acceptors (Lipinski definition) is 5. The fourth-order valence-electron chi connectivity index (χ4n) is 3.28. The van der Waals surface area contributed by atoms with E-state index in [9.17, 15) is 0 Å². The van der Waals surface area contributed by atoms with Gasteiger partial charge in [-0.2, -0.15) is 14.7 Å². The smallest absolute Gasteiger partial charge is 0.271 e. The molecule has 0 fully saturated rings. The first-order valence-electron chi connectivity index (χ1n) is 8.97. The molecule has 0 amide bonds. The van der Waals surface area contributed by atoms with E-state index in [1.807, 2.05) is 35.4 Å². The number of para-hydroxylation sites is 1. The zero-order chi connectivity index (χ0) is 18.2. The minimum atomic E-state index is 0.495. The summed E-state index contributed by atoms with van der Waals surface area (Å²) in [5, 5.41) is 18.7. The number of nitrogens with zero attached hydrogens (tertiary/aromatic N) is 7. The summed E-state index contributed by atoms with van der Waals surface area (Å²) in [6.07, 6.45) is 9.19. The van der Waals surface area contributed by atoms with Gasteiger partial charge in [0, 0.05) is 41.8 Å². The number of H-pyrrole nitrogens is 1. The van der Waals surface area contributed by atoms with Gasteiger partial charge in [-0.1, -0.05) is 25.1 Å². The zero-order valence-electron chi connectivity index (χ0n) is 14.9. The molecule has 5 rings (SSSR count). The van der Waals surface area contributed by atoms with Crippen LogP contribution in [0.1, 0.15) is 24.7 Å². The van der Waals surface area contributed by atoms with Crippen LogP contribution in [0.4, 0.5) is 0 Å². The van der Waals surface area contributed by atoms with Crippen molar-refractivity contribution < 1.29 is 0 Å². The molecule has 0 aliphatic carbocycles. The van der Waals surface area contributed by atoms with Gasteiger partial charge in [0.1, 0.15) is 5.69 Å². The van der Waals surface area contributed by atoms with Crippen LogP contribution in [-0.2, 0) is 13.0 Å². The lowest BCUT2D eigenvalue weighted by molar-refractivity contribution is 0.603. The second kappa shape index (κ2) is 6.31. The van der Waals surface area contributed by atoms with Crippen molar-refractivity contribution >= 4 is 16.7 Å². The van der Waals surface area contributed by atoms with Crippen molar-refractivity contribution in [2.45, 2.75) is 26.3 Å². The maximum absolute atomic E-state index is 4.71. The van der Waals surface area contributed by atoms with E-state index in [1.54, 1.807) is 10.7 Å². The van der Waals surface area contributed by atoms with Crippen LogP contribution in [-0.4, -0.2) is 39.6 Å². The quantitative estimate of drug-likeness (QED) is 0.522. The van der Waals surface area contributed by atoms with Gasteiger partial charge in [0.15, 0.2) is 5.82 Å². The number of aryl methyl sites for hydroxylation is 1. The Labute approximate surface area is 154 Å². The fraction of sp³-hybridized carbons (Fsp3) is 0.211. The van der Waals surface area contributed by atoms with Crippen molar-refractivity contribution in [3.63, 3.8) is 0 Å². The number of hydrogen-bond donors (Lipinski definition) is 1. The average Bonchev–Trinajstić information content (AvgIpc) is 3.42. The number of nitrogens with one attached hydrogen (secondary N) is 1. The Kier molecular flexibility index (Phi) is 3.67. The summed E-state index contributed by atoms with van der Waals surface area (Å²) in [6.45, 7) is 3.01. The van der Waals surface area contributed by atoms with Crippen LogP contribution in [0, 0.1) is 0 Å². The van der Waals surface area contributed by atoms with Crippen LogP contribution >= 0.6 is 0 Å². The Morgan fingerprint density at radius 3 is 2.96 bits per heavy atom. The number of fused-ring (bicyclic) bond motifs is 2. The van der Waals surface area contributed by atoms with Gasteiger partial charge in [0.25, 0.3) is 5.78 Å². The standard InChI is InChI=1S/C19H18N8/c1-2-7-26-12-14(10-22-26)17-11-21-19-24-23-18(27(19)25-17)8-13-9-20-16-6-4-3-5-15(13)16/h3-6,9-12,20H,2,7-8H2,1H3. The number of benzene rings is 1. The van der Waals surface area contributed by atoms with Crippen molar-refractivity contribution in [3.8, 4) is 11.3 Å². The van der Waals surface area contributed by atoms with E-state index in [4.69, 9.17) is 5.10 Å². The van der Waals surface area contributed by atoms with Crippen LogP contribution in [0.5, 0.6) is 0 Å². The van der Waals surface area contributed by atoms with Gasteiger partial charge in [0.05, 0.1) is 12.4 Å². The summed E-state index contributed by atoms with van der Waals surface area (Å²) < 4.78 is 3.63. The molecule has 0 atom stereocenters. The molecule has 134 valence electrons. The van der Waals surface area contributed by atoms with Crippen LogP contribution in [0.15, 0.2) is 49.1 Å². The van der Waals surface area contributed by atoms with Crippen molar-refractivity contribution in [1.29, 1.82) is 0 Å². The van der Waals surface area contributed by atoms with Gasteiger partial charge < -0.3 is 4.98 Å². The van der Waals surface area contributed by atoms with Gasteiger partial charge in [-0.15, -0.1) is 10.2 Å². The molecule has 8 nitrogen and oxygen atoms in total. The maximum Gasteiger partial charge on any atom is 0.271 e. The second-order valence-electron chi connectivity index (χ2n) is 6.50. The van der Waals surface area contributed by atoms with Crippen LogP contribution < -0.4 is 0 Å². The molecule has 0 unspecified atom stereocenters. The number of rotatable bonds is 5. The summed E-state index contributed by atoms with van der Waals surface area (Å²) in [5.74, 6) is 1.25. The highest BCUT2D eigenvalue weighted by molar-refractivity contribution is 5.83. The van der Waals surface area contributed by atoms with E-state index in [-0.39, 0.29) is 0 Å². The average molecular weight is 358 g/mol. The largest absolute Gasteiger partial charge is 0.361 e. The molecule has 8 heteroatoms. The Balaban J connectivity index is 1.53. The summed E-state index contributed by atoms with van der Waals surface area (Å²) in [4.78, 5) is 7.70. The normalized spacial score (nSPS) is 11.6. The molecule has 0 spiro atoms. The highest BCUT2D eigenvalue weighted by Crippen LogP contribution is 2.21. The first-order chi connectivity index (χ1) is 13.3. The van der Waals surface area contributed by atoms with E-state index >= 15 is 0 Å². The predicted octanol–water partition coefficient (Wildman–Crippen LogP) is 2.86. The second-order valence-corrected chi connectivity index (χ2v) is 6.50. The molecule has 27 heavy (non-hydrogen) atoms. The van der Waals surface area contributed by atoms with Gasteiger partial charge >= 0.3 is 0 Å². The summed E-state index contributed by atoms with van der Waals surface area (Å²) in [7, 11) is 0. The third-order valence-corrected chi connectivity index (χ3v) is 4.60. The van der Waals surface area contributed by atoms with Crippen LogP contribution in [0.3, 0.4) is 0 Å². The maximum atomic E-state index is 4.71. The Bertz CT molecular complexity index is 1230. The lowest BCUT2D eigenvalue weighted by Crippen LogP contribution is -2.02. The van der Waals surface area contributed by atoms with E-state index in [2.05, 4.69) is 44.3 Å². The highest BCUT2D eigenvalue weighted by atomic mass is 15.4. The Morgan fingerprint density at radius 2 is 2.04 bits per heavy atom. The van der Waals surface area contributed by atoms with Gasteiger partial charge in [-0.3, -0.25) is 4.68 Å². The number of aromatic nitrogens is 8. The highest BCUT2D eigenvalue weighted by Gasteiger charge is 2.13. The molecule has 0 aliphatic heterocycles. The minimum absolute atomic E-state index is 0.495. The molecule has 0 aliphatic rings. The SMILES string of the molecule is CCCn1cc(-c2cnc3nnc(Cc4c[nH]c5ccccc45)n3n2)cn1. The third kappa shape index (κ3) is 2.75. The monoisotopic (exact) mass is 358 g/mol. The molecule has 4 aromatic heterocycles. The summed E-state index contributed by atoms with van der Waals surface area (Å²) in [5.41, 5.74) is 3.95. The molecule has 0 saturated carbocycles. The summed E-state index contributed by atoms with van der Waals surface area (Å²) >= 11 is 0. The van der Waals surface area contributed by atoms with E-state index in [0.717, 1.165) is 41.1 Å². The van der Waals surface area contributed by atoms with E-state index in [1.165, 1.54) is 5.39 Å². The lowest BCUT2D eigenvalue weighted by atomic mass is 10.1. The summed E-state index contributed by atoms with van der Waals surface area (Å²) in [6, 6.07) is 8.22. The first kappa shape index (κ1) is 15.7. The van der Waals surface area contributed by atoms with Crippen molar-refractivity contribution in [3.05, 3.63) is 60.4 Å².